The number of halogens is 1. The van der Waals surface area contributed by atoms with Gasteiger partial charge in [-0.15, -0.1) is 0 Å². The summed E-state index contributed by atoms with van der Waals surface area (Å²) >= 11 is 6.21. The second kappa shape index (κ2) is 6.36. The summed E-state index contributed by atoms with van der Waals surface area (Å²) < 4.78 is 0. The van der Waals surface area contributed by atoms with E-state index in [0.29, 0.717) is 0 Å². The van der Waals surface area contributed by atoms with Crippen molar-refractivity contribution in [3.63, 3.8) is 0 Å². The molecule has 0 radical (unpaired) electrons. The summed E-state index contributed by atoms with van der Waals surface area (Å²) in [6.07, 6.45) is 1.21. The fourth-order valence-corrected chi connectivity index (χ4v) is 2.37. The lowest BCUT2D eigenvalue weighted by molar-refractivity contribution is 0.266. The predicted octanol–water partition coefficient (Wildman–Crippen LogP) is 1.91. The number of anilines is 1. The monoisotopic (exact) mass is 268 g/mol. The standard InChI is InChI=1S/C13H21ClN4/c1-15-13-5-4-11(14)12(16-13)10-18-7-3-6-17(2)8-9-18/h4-5H,3,6-10H2,1-2H3,(H,15,16). The van der Waals surface area contributed by atoms with Crippen LogP contribution in [0.1, 0.15) is 12.1 Å². The molecule has 1 fully saturated rings. The summed E-state index contributed by atoms with van der Waals surface area (Å²) in [7, 11) is 4.05. The minimum absolute atomic E-state index is 0.756. The molecule has 0 spiro atoms. The van der Waals surface area contributed by atoms with Gasteiger partial charge in [-0.25, -0.2) is 4.98 Å². The van der Waals surface area contributed by atoms with Gasteiger partial charge in [0.05, 0.1) is 10.7 Å². The van der Waals surface area contributed by atoms with Gasteiger partial charge in [0, 0.05) is 26.7 Å². The SMILES string of the molecule is CNc1ccc(Cl)c(CN2CCCN(C)CC2)n1. The zero-order valence-electron chi connectivity index (χ0n) is 11.1. The van der Waals surface area contributed by atoms with Gasteiger partial charge in [0.2, 0.25) is 0 Å². The van der Waals surface area contributed by atoms with Crippen LogP contribution in [0.2, 0.25) is 5.02 Å². The van der Waals surface area contributed by atoms with E-state index in [9.17, 15) is 0 Å². The van der Waals surface area contributed by atoms with Crippen LogP contribution in [0, 0.1) is 0 Å². The van der Waals surface area contributed by atoms with Crippen LogP contribution in [0.15, 0.2) is 12.1 Å². The predicted molar refractivity (Wildman–Crippen MR) is 76.2 cm³/mol. The van der Waals surface area contributed by atoms with E-state index in [0.717, 1.165) is 42.7 Å². The van der Waals surface area contributed by atoms with Crippen LogP contribution in [0.3, 0.4) is 0 Å². The lowest BCUT2D eigenvalue weighted by Crippen LogP contribution is -2.29. The molecule has 18 heavy (non-hydrogen) atoms. The van der Waals surface area contributed by atoms with Crippen molar-refractivity contribution in [1.29, 1.82) is 0 Å². The molecular formula is C13H21ClN4. The minimum atomic E-state index is 0.756. The van der Waals surface area contributed by atoms with Gasteiger partial charge in [-0.3, -0.25) is 4.90 Å². The third-order valence-corrected chi connectivity index (χ3v) is 3.70. The first-order valence-electron chi connectivity index (χ1n) is 6.43. The number of nitrogens with zero attached hydrogens (tertiary/aromatic N) is 3. The molecule has 1 saturated heterocycles. The number of aromatic nitrogens is 1. The highest BCUT2D eigenvalue weighted by Gasteiger charge is 2.14. The van der Waals surface area contributed by atoms with E-state index in [4.69, 9.17) is 11.6 Å². The Morgan fingerprint density at radius 3 is 2.89 bits per heavy atom. The quantitative estimate of drug-likeness (QED) is 0.908. The molecule has 0 aromatic carbocycles. The average molecular weight is 269 g/mol. The van der Waals surface area contributed by atoms with Crippen molar-refractivity contribution >= 4 is 17.4 Å². The van der Waals surface area contributed by atoms with Crippen LogP contribution in [0.5, 0.6) is 0 Å². The Kier molecular flexibility index (Phi) is 4.80. The lowest BCUT2D eigenvalue weighted by atomic mass is 10.3. The molecule has 2 heterocycles. The first-order valence-corrected chi connectivity index (χ1v) is 6.81. The maximum absolute atomic E-state index is 6.21. The van der Waals surface area contributed by atoms with Crippen LogP contribution < -0.4 is 5.32 Å². The van der Waals surface area contributed by atoms with Crippen LogP contribution in [-0.2, 0) is 6.54 Å². The molecule has 1 aliphatic heterocycles. The van der Waals surface area contributed by atoms with E-state index in [-0.39, 0.29) is 0 Å². The molecular weight excluding hydrogens is 248 g/mol. The van der Waals surface area contributed by atoms with Gasteiger partial charge in [0.15, 0.2) is 0 Å². The van der Waals surface area contributed by atoms with E-state index in [1.165, 1.54) is 13.0 Å². The zero-order valence-corrected chi connectivity index (χ0v) is 11.9. The van der Waals surface area contributed by atoms with E-state index in [2.05, 4.69) is 27.1 Å². The molecule has 1 aromatic heterocycles. The molecule has 1 aromatic rings. The van der Waals surface area contributed by atoms with E-state index < -0.39 is 0 Å². The van der Waals surface area contributed by atoms with Crippen molar-refractivity contribution in [2.24, 2.45) is 0 Å². The largest absolute Gasteiger partial charge is 0.373 e. The molecule has 5 heteroatoms. The fourth-order valence-electron chi connectivity index (χ4n) is 2.20. The summed E-state index contributed by atoms with van der Waals surface area (Å²) in [5.41, 5.74) is 0.966. The summed E-state index contributed by atoms with van der Waals surface area (Å²) in [6.45, 7) is 5.32. The van der Waals surface area contributed by atoms with E-state index in [1.54, 1.807) is 0 Å². The molecule has 0 saturated carbocycles. The third kappa shape index (κ3) is 3.57. The summed E-state index contributed by atoms with van der Waals surface area (Å²) in [5, 5.41) is 3.81. The summed E-state index contributed by atoms with van der Waals surface area (Å²) in [6, 6.07) is 3.82. The van der Waals surface area contributed by atoms with E-state index in [1.807, 2.05) is 19.2 Å². The van der Waals surface area contributed by atoms with E-state index >= 15 is 0 Å². The molecule has 100 valence electrons. The number of pyridine rings is 1. The molecule has 4 nitrogen and oxygen atoms in total. The molecule has 0 atom stereocenters. The van der Waals surface area contributed by atoms with Gasteiger partial charge < -0.3 is 10.2 Å². The van der Waals surface area contributed by atoms with Crippen molar-refractivity contribution in [2.45, 2.75) is 13.0 Å². The fraction of sp³-hybridized carbons (Fsp3) is 0.615. The third-order valence-electron chi connectivity index (χ3n) is 3.36. The van der Waals surface area contributed by atoms with Crippen LogP contribution in [-0.4, -0.2) is 55.1 Å². The second-order valence-corrected chi connectivity index (χ2v) is 5.22. The van der Waals surface area contributed by atoms with Crippen molar-refractivity contribution in [1.82, 2.24) is 14.8 Å². The Morgan fingerprint density at radius 2 is 2.11 bits per heavy atom. The average Bonchev–Trinajstić information content (AvgIpc) is 2.57. The highest BCUT2D eigenvalue weighted by Crippen LogP contribution is 2.18. The number of hydrogen-bond acceptors (Lipinski definition) is 4. The maximum Gasteiger partial charge on any atom is 0.126 e. The van der Waals surface area contributed by atoms with Crippen LogP contribution >= 0.6 is 11.6 Å². The number of rotatable bonds is 3. The van der Waals surface area contributed by atoms with Gasteiger partial charge in [0.25, 0.3) is 0 Å². The Bertz CT molecular complexity index is 397. The van der Waals surface area contributed by atoms with Crippen molar-refractivity contribution in [3.8, 4) is 0 Å². The highest BCUT2D eigenvalue weighted by molar-refractivity contribution is 6.31. The lowest BCUT2D eigenvalue weighted by Gasteiger charge is -2.20. The van der Waals surface area contributed by atoms with Crippen molar-refractivity contribution < 1.29 is 0 Å². The first-order chi connectivity index (χ1) is 8.69. The number of likely N-dealkylation sites (N-methyl/N-ethyl adjacent to an activating group) is 1. The van der Waals surface area contributed by atoms with Crippen LogP contribution in [0.4, 0.5) is 5.82 Å². The molecule has 0 bridgehead atoms. The van der Waals surface area contributed by atoms with Crippen LogP contribution in [0.25, 0.3) is 0 Å². The van der Waals surface area contributed by atoms with Gasteiger partial charge in [-0.2, -0.15) is 0 Å². The van der Waals surface area contributed by atoms with Gasteiger partial charge >= 0.3 is 0 Å². The molecule has 2 rings (SSSR count). The summed E-state index contributed by atoms with van der Waals surface area (Å²) in [5.74, 6) is 0.876. The van der Waals surface area contributed by atoms with Gasteiger partial charge in [-0.1, -0.05) is 11.6 Å². The Labute approximate surface area is 114 Å². The summed E-state index contributed by atoms with van der Waals surface area (Å²) in [4.78, 5) is 9.34. The normalized spacial score (nSPS) is 18.6. The smallest absolute Gasteiger partial charge is 0.126 e. The first kappa shape index (κ1) is 13.6. The second-order valence-electron chi connectivity index (χ2n) is 4.81. The minimum Gasteiger partial charge on any atom is -0.373 e. The molecule has 0 aliphatic carbocycles. The van der Waals surface area contributed by atoms with Crippen molar-refractivity contribution in [3.05, 3.63) is 22.8 Å². The molecule has 1 aliphatic rings. The molecule has 0 unspecified atom stereocenters. The van der Waals surface area contributed by atoms with Gasteiger partial charge in [0.1, 0.15) is 5.82 Å². The molecule has 1 N–H and O–H groups in total. The maximum atomic E-state index is 6.21. The Hall–Kier alpha value is -0.840. The van der Waals surface area contributed by atoms with Crippen molar-refractivity contribution in [2.75, 3.05) is 45.6 Å². The Morgan fingerprint density at radius 1 is 1.28 bits per heavy atom. The Balaban J connectivity index is 2.03. The molecule has 0 amide bonds. The topological polar surface area (TPSA) is 31.4 Å². The zero-order chi connectivity index (χ0) is 13.0. The number of hydrogen-bond donors (Lipinski definition) is 1. The van der Waals surface area contributed by atoms with Gasteiger partial charge in [-0.05, 0) is 38.7 Å². The number of nitrogens with one attached hydrogen (secondary N) is 1. The highest BCUT2D eigenvalue weighted by atomic mass is 35.5.